The largest absolute Gasteiger partial charge is 0.462 e. The minimum atomic E-state index is -0.407. The van der Waals surface area contributed by atoms with E-state index in [1.54, 1.807) is 38.1 Å². The van der Waals surface area contributed by atoms with Crippen LogP contribution in [0.3, 0.4) is 0 Å². The molecule has 0 saturated carbocycles. The minimum absolute atomic E-state index is 0.0841. The molecule has 1 fully saturated rings. The fourth-order valence-electron chi connectivity index (χ4n) is 3.23. The maximum absolute atomic E-state index is 12.9. The van der Waals surface area contributed by atoms with E-state index >= 15 is 0 Å². The molecule has 0 bridgehead atoms. The van der Waals surface area contributed by atoms with Crippen molar-refractivity contribution in [3.63, 3.8) is 0 Å². The lowest BCUT2D eigenvalue weighted by atomic mass is 9.99. The maximum Gasteiger partial charge on any atom is 0.340 e. The molecule has 148 valence electrons. The van der Waals surface area contributed by atoms with Gasteiger partial charge in [0.15, 0.2) is 0 Å². The van der Waals surface area contributed by atoms with Gasteiger partial charge in [0.2, 0.25) is 0 Å². The maximum atomic E-state index is 12.9. The van der Waals surface area contributed by atoms with Crippen LogP contribution in [0.25, 0.3) is 0 Å². The van der Waals surface area contributed by atoms with Gasteiger partial charge >= 0.3 is 5.97 Å². The predicted molar refractivity (Wildman–Crippen MR) is 107 cm³/mol. The Morgan fingerprint density at radius 3 is 2.64 bits per heavy atom. The number of likely N-dealkylation sites (tertiary alicyclic amines) is 1. The van der Waals surface area contributed by atoms with E-state index < -0.39 is 5.97 Å². The lowest BCUT2D eigenvalue weighted by Crippen LogP contribution is -2.38. The van der Waals surface area contributed by atoms with E-state index in [0.717, 1.165) is 25.9 Å². The van der Waals surface area contributed by atoms with Crippen LogP contribution in [-0.4, -0.2) is 46.4 Å². The molecule has 3 rings (SSSR count). The molecule has 0 unspecified atom stereocenters. The zero-order chi connectivity index (χ0) is 20.1. The van der Waals surface area contributed by atoms with E-state index in [4.69, 9.17) is 4.74 Å². The van der Waals surface area contributed by atoms with Gasteiger partial charge in [-0.05, 0) is 44.7 Å². The van der Waals surface area contributed by atoms with Crippen LogP contribution in [0.1, 0.15) is 53.4 Å². The Bertz CT molecular complexity index is 860. The molecule has 1 aromatic heterocycles. The summed E-state index contributed by atoms with van der Waals surface area (Å²) in [5.74, 6) is 1.12. The topological polar surface area (TPSA) is 84.4 Å². The normalized spacial score (nSPS) is 14.6. The molecular formula is C21H26N4O3. The number of piperidine rings is 1. The number of carbonyl (C=O) groups is 2. The average molecular weight is 382 g/mol. The number of nitrogens with one attached hydrogen (secondary N) is 1. The number of anilines is 2. The zero-order valence-electron chi connectivity index (χ0n) is 16.6. The van der Waals surface area contributed by atoms with Crippen LogP contribution < -0.4 is 5.32 Å². The lowest BCUT2D eigenvalue weighted by Gasteiger charge is -2.30. The van der Waals surface area contributed by atoms with Crippen LogP contribution >= 0.6 is 0 Å². The summed E-state index contributed by atoms with van der Waals surface area (Å²) in [6, 6.07) is 8.69. The standard InChI is InChI=1S/C21H26N4O3/c1-4-28-21(27)16-7-5-6-8-17(16)24-19-13-18(22-15(3)23-19)20(26)25-11-9-14(2)10-12-25/h5-8,13-14H,4,9-12H2,1-3H3,(H,22,23,24). The van der Waals surface area contributed by atoms with Gasteiger partial charge in [-0.3, -0.25) is 4.79 Å². The van der Waals surface area contributed by atoms with Crippen LogP contribution in [0.15, 0.2) is 30.3 Å². The third-order valence-corrected chi connectivity index (χ3v) is 4.81. The number of rotatable bonds is 5. The molecule has 0 aliphatic carbocycles. The average Bonchev–Trinajstić information content (AvgIpc) is 2.68. The molecule has 0 atom stereocenters. The van der Waals surface area contributed by atoms with Gasteiger partial charge in [-0.2, -0.15) is 0 Å². The van der Waals surface area contributed by atoms with Gasteiger partial charge < -0.3 is 15.0 Å². The van der Waals surface area contributed by atoms with Gasteiger partial charge in [-0.1, -0.05) is 19.1 Å². The fourth-order valence-corrected chi connectivity index (χ4v) is 3.23. The second-order valence-corrected chi connectivity index (χ2v) is 7.05. The molecule has 1 aromatic carbocycles. The van der Waals surface area contributed by atoms with Gasteiger partial charge in [0.25, 0.3) is 5.91 Å². The molecule has 2 aromatic rings. The van der Waals surface area contributed by atoms with Crippen molar-refractivity contribution >= 4 is 23.4 Å². The summed E-state index contributed by atoms with van der Waals surface area (Å²) in [4.78, 5) is 35.6. The Labute approximate surface area is 165 Å². The lowest BCUT2D eigenvalue weighted by molar-refractivity contribution is 0.0527. The summed E-state index contributed by atoms with van der Waals surface area (Å²) < 4.78 is 5.11. The summed E-state index contributed by atoms with van der Waals surface area (Å²) in [5.41, 5.74) is 1.35. The van der Waals surface area contributed by atoms with Crippen molar-refractivity contribution in [3.8, 4) is 0 Å². The molecule has 1 saturated heterocycles. The SMILES string of the molecule is CCOC(=O)c1ccccc1Nc1cc(C(=O)N2CCC(C)CC2)nc(C)n1. The predicted octanol–water partition coefficient (Wildman–Crippen LogP) is 3.58. The summed E-state index contributed by atoms with van der Waals surface area (Å²) >= 11 is 0. The second-order valence-electron chi connectivity index (χ2n) is 7.05. The van der Waals surface area contributed by atoms with Gasteiger partial charge in [-0.15, -0.1) is 0 Å². The number of para-hydroxylation sites is 1. The number of amides is 1. The Morgan fingerprint density at radius 1 is 1.21 bits per heavy atom. The fraction of sp³-hybridized carbons (Fsp3) is 0.429. The van der Waals surface area contributed by atoms with Crippen LogP contribution in [0.5, 0.6) is 0 Å². The third-order valence-electron chi connectivity index (χ3n) is 4.81. The van der Waals surface area contributed by atoms with Gasteiger partial charge in [0.1, 0.15) is 17.3 Å². The summed E-state index contributed by atoms with van der Waals surface area (Å²) in [6.45, 7) is 7.51. The summed E-state index contributed by atoms with van der Waals surface area (Å²) in [6.07, 6.45) is 2.02. The van der Waals surface area contributed by atoms with Crippen LogP contribution in [0.4, 0.5) is 11.5 Å². The number of benzene rings is 1. The Morgan fingerprint density at radius 2 is 1.93 bits per heavy atom. The molecule has 7 heteroatoms. The first kappa shape index (κ1) is 19.8. The molecule has 1 N–H and O–H groups in total. The number of aromatic nitrogens is 2. The molecule has 1 aliphatic rings. The smallest absolute Gasteiger partial charge is 0.340 e. The Kier molecular flexibility index (Phi) is 6.23. The first-order chi connectivity index (χ1) is 13.5. The number of ether oxygens (including phenoxy) is 1. The van der Waals surface area contributed by atoms with Crippen LogP contribution in [-0.2, 0) is 4.74 Å². The van der Waals surface area contributed by atoms with E-state index in [0.29, 0.717) is 41.1 Å². The second kappa shape index (κ2) is 8.82. The van der Waals surface area contributed by atoms with Gasteiger partial charge in [0.05, 0.1) is 17.9 Å². The highest BCUT2D eigenvalue weighted by Gasteiger charge is 2.23. The van der Waals surface area contributed by atoms with Crippen molar-refractivity contribution in [3.05, 3.63) is 47.4 Å². The van der Waals surface area contributed by atoms with Crippen molar-refractivity contribution in [2.24, 2.45) is 5.92 Å². The number of esters is 1. The van der Waals surface area contributed by atoms with Crippen LogP contribution in [0.2, 0.25) is 0 Å². The highest BCUT2D eigenvalue weighted by atomic mass is 16.5. The summed E-state index contributed by atoms with van der Waals surface area (Å²) in [5, 5.41) is 3.14. The monoisotopic (exact) mass is 382 g/mol. The summed E-state index contributed by atoms with van der Waals surface area (Å²) in [7, 11) is 0. The number of aryl methyl sites for hydroxylation is 1. The zero-order valence-corrected chi connectivity index (χ0v) is 16.6. The molecule has 28 heavy (non-hydrogen) atoms. The van der Waals surface area contributed by atoms with Crippen molar-refractivity contribution in [1.82, 2.24) is 14.9 Å². The molecule has 0 spiro atoms. The number of hydrogen-bond acceptors (Lipinski definition) is 6. The van der Waals surface area contributed by atoms with Crippen molar-refractivity contribution in [2.75, 3.05) is 25.0 Å². The molecule has 1 amide bonds. The third kappa shape index (κ3) is 4.65. The van der Waals surface area contributed by atoms with E-state index in [1.165, 1.54) is 0 Å². The Balaban J connectivity index is 1.83. The molecule has 2 heterocycles. The highest BCUT2D eigenvalue weighted by Crippen LogP contribution is 2.22. The van der Waals surface area contributed by atoms with Crippen molar-refractivity contribution in [1.29, 1.82) is 0 Å². The van der Waals surface area contributed by atoms with E-state index in [2.05, 4.69) is 22.2 Å². The van der Waals surface area contributed by atoms with Crippen molar-refractivity contribution in [2.45, 2.75) is 33.6 Å². The van der Waals surface area contributed by atoms with E-state index in [9.17, 15) is 9.59 Å². The molecule has 1 aliphatic heterocycles. The van der Waals surface area contributed by atoms with Gasteiger partial charge in [0, 0.05) is 19.2 Å². The minimum Gasteiger partial charge on any atom is -0.462 e. The number of carbonyl (C=O) groups excluding carboxylic acids is 2. The number of nitrogens with zero attached hydrogens (tertiary/aromatic N) is 3. The van der Waals surface area contributed by atoms with Gasteiger partial charge in [-0.25, -0.2) is 14.8 Å². The highest BCUT2D eigenvalue weighted by molar-refractivity contribution is 5.97. The first-order valence-electron chi connectivity index (χ1n) is 9.66. The molecule has 7 nitrogen and oxygen atoms in total. The first-order valence-corrected chi connectivity index (χ1v) is 9.66. The Hall–Kier alpha value is -2.96. The molecule has 0 radical (unpaired) electrons. The van der Waals surface area contributed by atoms with Crippen molar-refractivity contribution < 1.29 is 14.3 Å². The molecular weight excluding hydrogens is 356 g/mol. The number of hydrogen-bond donors (Lipinski definition) is 1. The van der Waals surface area contributed by atoms with E-state index in [-0.39, 0.29) is 5.91 Å². The van der Waals surface area contributed by atoms with E-state index in [1.807, 2.05) is 11.0 Å². The van der Waals surface area contributed by atoms with Crippen LogP contribution in [0, 0.1) is 12.8 Å². The quantitative estimate of drug-likeness (QED) is 0.796.